The highest BCUT2D eigenvalue weighted by molar-refractivity contribution is 7.92. The SMILES string of the molecule is COc1cc(N2CCC(N3CCN(CCc4ccc(NC5CCC(=O)NC5=O)cc4)CC3)CC2)ccc1Nc1ncc(Cl)c(Nc2ccccc2NS(C)(=O)=O)n1. The van der Waals surface area contributed by atoms with Gasteiger partial charge in [0.15, 0.2) is 5.82 Å². The van der Waals surface area contributed by atoms with E-state index >= 15 is 0 Å². The normalized spacial score (nSPS) is 18.5. The molecule has 4 aromatic rings. The number of hydrogen-bond acceptors (Lipinski definition) is 13. The van der Waals surface area contributed by atoms with Crippen molar-refractivity contribution in [2.75, 3.05) is 84.8 Å². The number of para-hydroxylation sites is 2. The summed E-state index contributed by atoms with van der Waals surface area (Å²) in [4.78, 5) is 40.0. The number of rotatable bonds is 14. The number of imide groups is 1. The molecule has 1 atom stereocenters. The topological polar surface area (TPSA) is 173 Å². The minimum Gasteiger partial charge on any atom is -0.494 e. The largest absolute Gasteiger partial charge is 0.494 e. The smallest absolute Gasteiger partial charge is 0.249 e. The number of piperazine rings is 1. The fourth-order valence-electron chi connectivity index (χ4n) is 7.55. The average Bonchev–Trinajstić information content (AvgIpc) is 3.20. The van der Waals surface area contributed by atoms with Crippen molar-refractivity contribution >= 4 is 73.6 Å². The molecule has 17 heteroatoms. The maximum atomic E-state index is 12.1. The summed E-state index contributed by atoms with van der Waals surface area (Å²) < 4.78 is 32.0. The van der Waals surface area contributed by atoms with Gasteiger partial charge in [-0.1, -0.05) is 35.9 Å². The van der Waals surface area contributed by atoms with Gasteiger partial charge < -0.3 is 30.5 Å². The summed E-state index contributed by atoms with van der Waals surface area (Å²) in [6, 6.07) is 21.4. The molecule has 5 N–H and O–H groups in total. The lowest BCUT2D eigenvalue weighted by atomic mass is 10.0. The summed E-state index contributed by atoms with van der Waals surface area (Å²) in [7, 11) is -1.86. The molecule has 0 spiro atoms. The number of carbonyl (C=O) groups excluding carboxylic acids is 2. The zero-order chi connectivity index (χ0) is 39.9. The molecule has 15 nitrogen and oxygen atoms in total. The van der Waals surface area contributed by atoms with Crippen molar-refractivity contribution in [3.05, 3.63) is 83.5 Å². The number of hydrogen-bond donors (Lipinski definition) is 5. The van der Waals surface area contributed by atoms with Gasteiger partial charge >= 0.3 is 0 Å². The van der Waals surface area contributed by atoms with Crippen molar-refractivity contribution in [3.63, 3.8) is 0 Å². The number of amides is 2. The molecule has 3 fully saturated rings. The van der Waals surface area contributed by atoms with Gasteiger partial charge in [0, 0.05) is 75.7 Å². The Balaban J connectivity index is 0.868. The van der Waals surface area contributed by atoms with Gasteiger partial charge in [-0.3, -0.25) is 24.5 Å². The first-order valence-corrected chi connectivity index (χ1v) is 21.5. The lowest BCUT2D eigenvalue weighted by Crippen LogP contribution is -2.53. The molecule has 0 bridgehead atoms. The number of halogens is 1. The summed E-state index contributed by atoms with van der Waals surface area (Å²) in [5, 5.41) is 12.3. The van der Waals surface area contributed by atoms with E-state index in [4.69, 9.17) is 16.3 Å². The number of piperidine rings is 2. The van der Waals surface area contributed by atoms with Crippen LogP contribution < -0.4 is 35.6 Å². The Morgan fingerprint density at radius 1 is 0.895 bits per heavy atom. The molecule has 1 aromatic heterocycles. The Kier molecular flexibility index (Phi) is 12.6. The Labute approximate surface area is 338 Å². The van der Waals surface area contributed by atoms with E-state index in [1.54, 1.807) is 31.4 Å². The maximum absolute atomic E-state index is 12.1. The summed E-state index contributed by atoms with van der Waals surface area (Å²) >= 11 is 6.43. The van der Waals surface area contributed by atoms with E-state index < -0.39 is 10.0 Å². The molecule has 7 rings (SSSR count). The van der Waals surface area contributed by atoms with E-state index in [0.29, 0.717) is 47.5 Å². The second-order valence-corrected chi connectivity index (χ2v) is 16.8. The first-order chi connectivity index (χ1) is 27.5. The van der Waals surface area contributed by atoms with E-state index in [0.717, 1.165) is 82.7 Å². The number of nitrogens with one attached hydrogen (secondary N) is 5. The Morgan fingerprint density at radius 3 is 2.33 bits per heavy atom. The summed E-state index contributed by atoms with van der Waals surface area (Å²) in [5.74, 6) is 0.786. The van der Waals surface area contributed by atoms with Gasteiger partial charge in [-0.05, 0) is 67.6 Å². The number of sulfonamides is 1. The molecular weight excluding hydrogens is 768 g/mol. The monoisotopic (exact) mass is 816 g/mol. The van der Waals surface area contributed by atoms with Crippen LogP contribution in [0.1, 0.15) is 31.2 Å². The van der Waals surface area contributed by atoms with Gasteiger partial charge in [0.05, 0.1) is 36.6 Å². The second-order valence-electron chi connectivity index (χ2n) is 14.6. The number of benzene rings is 3. The van der Waals surface area contributed by atoms with Crippen LogP contribution in [-0.2, 0) is 26.0 Å². The number of nitrogens with zero attached hydrogens (tertiary/aromatic N) is 5. The van der Waals surface area contributed by atoms with Crippen molar-refractivity contribution in [1.29, 1.82) is 0 Å². The van der Waals surface area contributed by atoms with E-state index in [9.17, 15) is 18.0 Å². The number of anilines is 7. The molecule has 3 saturated heterocycles. The van der Waals surface area contributed by atoms with Gasteiger partial charge in [-0.2, -0.15) is 4.98 Å². The van der Waals surface area contributed by atoms with Crippen LogP contribution in [0.2, 0.25) is 5.02 Å². The highest BCUT2D eigenvalue weighted by atomic mass is 35.5. The van der Waals surface area contributed by atoms with Crippen molar-refractivity contribution in [2.45, 2.75) is 44.2 Å². The highest BCUT2D eigenvalue weighted by Crippen LogP contribution is 2.35. The van der Waals surface area contributed by atoms with Crippen LogP contribution >= 0.6 is 11.6 Å². The molecule has 0 radical (unpaired) electrons. The zero-order valence-electron chi connectivity index (χ0n) is 32.1. The van der Waals surface area contributed by atoms with Crippen LogP contribution in [0.15, 0.2) is 72.9 Å². The summed E-state index contributed by atoms with van der Waals surface area (Å²) in [6.07, 6.45) is 6.61. The fourth-order valence-corrected chi connectivity index (χ4v) is 8.27. The van der Waals surface area contributed by atoms with Gasteiger partial charge in [-0.25, -0.2) is 13.4 Å². The predicted molar refractivity (Wildman–Crippen MR) is 225 cm³/mol. The number of aromatic nitrogens is 2. The first kappa shape index (κ1) is 40.1. The molecule has 0 aliphatic carbocycles. The average molecular weight is 817 g/mol. The van der Waals surface area contributed by atoms with Gasteiger partial charge in [0.1, 0.15) is 16.8 Å². The molecule has 57 heavy (non-hydrogen) atoms. The lowest BCUT2D eigenvalue weighted by molar-refractivity contribution is -0.133. The van der Waals surface area contributed by atoms with Crippen LogP contribution in [0.25, 0.3) is 0 Å². The first-order valence-electron chi connectivity index (χ1n) is 19.2. The van der Waals surface area contributed by atoms with E-state index in [-0.39, 0.29) is 28.8 Å². The molecule has 302 valence electrons. The van der Waals surface area contributed by atoms with Gasteiger partial charge in [-0.15, -0.1) is 0 Å². The Morgan fingerprint density at radius 2 is 1.63 bits per heavy atom. The van der Waals surface area contributed by atoms with Crippen LogP contribution in [-0.4, -0.2) is 111 Å². The third-order valence-electron chi connectivity index (χ3n) is 10.7. The number of methoxy groups -OCH3 is 1. The van der Waals surface area contributed by atoms with Crippen LogP contribution in [0.3, 0.4) is 0 Å². The standard InChI is InChI=1S/C40H49ClN10O5S/c1-56-36-25-30(11-12-34(36)45-40-42-26-31(41)38(47-40)44-32-5-3-4-6-33(32)48-57(2,54)55)50-19-16-29(17-20-50)51-23-21-49(22-24-51)18-15-27-7-9-28(10-8-27)43-35-13-14-37(52)46-39(35)53/h3-12,25-26,29,35,43,48H,13-24H2,1-2H3,(H,46,52,53)(H2,42,44,45,47). The minimum atomic E-state index is -3.50. The molecule has 3 aliphatic rings. The Hall–Kier alpha value is -5.16. The molecule has 0 saturated carbocycles. The molecule has 4 heterocycles. The van der Waals surface area contributed by atoms with E-state index in [2.05, 4.69) is 68.9 Å². The van der Waals surface area contributed by atoms with Gasteiger partial charge in [0.25, 0.3) is 0 Å². The van der Waals surface area contributed by atoms with Crippen LogP contribution in [0.5, 0.6) is 5.75 Å². The summed E-state index contributed by atoms with van der Waals surface area (Å²) in [6.45, 7) is 7.19. The maximum Gasteiger partial charge on any atom is 0.249 e. The number of ether oxygens (including phenoxy) is 1. The number of carbonyl (C=O) groups is 2. The lowest BCUT2D eigenvalue weighted by Gasteiger charge is -2.43. The third-order valence-corrected chi connectivity index (χ3v) is 11.5. The molecular formula is C40H49ClN10O5S. The fraction of sp³-hybridized carbons (Fsp3) is 0.400. The highest BCUT2D eigenvalue weighted by Gasteiger charge is 2.29. The predicted octanol–water partition coefficient (Wildman–Crippen LogP) is 5.04. The second kappa shape index (κ2) is 18.0. The quantitative estimate of drug-likeness (QED) is 0.107. The molecule has 3 aromatic carbocycles. The van der Waals surface area contributed by atoms with Crippen molar-refractivity contribution in [3.8, 4) is 5.75 Å². The van der Waals surface area contributed by atoms with Crippen molar-refractivity contribution in [2.24, 2.45) is 0 Å². The van der Waals surface area contributed by atoms with Crippen LogP contribution in [0, 0.1) is 0 Å². The molecule has 3 aliphatic heterocycles. The van der Waals surface area contributed by atoms with Crippen molar-refractivity contribution in [1.82, 2.24) is 25.1 Å². The minimum absolute atomic E-state index is 0.207. The van der Waals surface area contributed by atoms with Crippen LogP contribution in [0.4, 0.5) is 40.2 Å². The van der Waals surface area contributed by atoms with Gasteiger partial charge in [0.2, 0.25) is 27.8 Å². The summed E-state index contributed by atoms with van der Waals surface area (Å²) in [5.41, 5.74) is 4.80. The molecule has 2 amide bonds. The zero-order valence-corrected chi connectivity index (χ0v) is 33.7. The van der Waals surface area contributed by atoms with E-state index in [1.807, 2.05) is 24.3 Å². The molecule has 1 unspecified atom stereocenters. The third kappa shape index (κ3) is 10.6. The van der Waals surface area contributed by atoms with E-state index in [1.165, 1.54) is 11.8 Å². The van der Waals surface area contributed by atoms with Crippen molar-refractivity contribution < 1.29 is 22.7 Å². The Bertz CT molecular complexity index is 2160.